The number of aryl methyl sites for hydroxylation is 2. The van der Waals surface area contributed by atoms with Gasteiger partial charge in [0.05, 0.1) is 19.8 Å². The summed E-state index contributed by atoms with van der Waals surface area (Å²) in [4.78, 5) is 29.8. The van der Waals surface area contributed by atoms with E-state index in [2.05, 4.69) is 47.7 Å². The first kappa shape index (κ1) is 29.4. The molecular weight excluding hydrogens is 537 g/mol. The number of piperidine rings is 1. The first-order valence-corrected chi connectivity index (χ1v) is 14.2. The Hall–Kier alpha value is -3.05. The van der Waals surface area contributed by atoms with Crippen molar-refractivity contribution >= 4 is 11.8 Å². The van der Waals surface area contributed by atoms with Crippen molar-refractivity contribution in [3.8, 4) is 5.75 Å². The second kappa shape index (κ2) is 11.7. The summed E-state index contributed by atoms with van der Waals surface area (Å²) in [6, 6.07) is 8.25. The second-order valence-corrected chi connectivity index (χ2v) is 11.7. The molecule has 8 nitrogen and oxygen atoms in total. The Morgan fingerprint density at radius 1 is 1.00 bits per heavy atom. The van der Waals surface area contributed by atoms with Gasteiger partial charge in [-0.05, 0) is 79.5 Å². The summed E-state index contributed by atoms with van der Waals surface area (Å²) in [6.45, 7) is 8.17. The van der Waals surface area contributed by atoms with Crippen molar-refractivity contribution in [1.29, 1.82) is 0 Å². The maximum Gasteiger partial charge on any atom is 0.471 e. The lowest BCUT2D eigenvalue weighted by Gasteiger charge is -2.39. The topological polar surface area (TPSA) is 67.2 Å². The molecule has 2 saturated heterocycles. The van der Waals surface area contributed by atoms with Gasteiger partial charge in [-0.3, -0.25) is 14.5 Å². The average molecular weight is 577 g/mol. The molecule has 5 rings (SSSR count). The number of rotatable bonds is 7. The number of carbonyl (C=O) groups is 2. The summed E-state index contributed by atoms with van der Waals surface area (Å²) in [5.41, 5.74) is 4.43. The number of hydrogen-bond acceptors (Lipinski definition) is 5. The third kappa shape index (κ3) is 6.25. The number of halogens is 3. The fourth-order valence-electron chi connectivity index (χ4n) is 6.69. The summed E-state index contributed by atoms with van der Waals surface area (Å²) in [6.07, 6.45) is -1.06. The number of amides is 2. The van der Waals surface area contributed by atoms with Crippen LogP contribution < -0.4 is 4.74 Å². The number of likely N-dealkylation sites (tertiary alicyclic amines) is 2. The van der Waals surface area contributed by atoms with Crippen molar-refractivity contribution in [3.05, 3.63) is 52.8 Å². The number of ether oxygens (including phenoxy) is 2. The molecule has 41 heavy (non-hydrogen) atoms. The Morgan fingerprint density at radius 2 is 1.66 bits per heavy atom. The normalized spacial score (nSPS) is 20.9. The highest BCUT2D eigenvalue weighted by molar-refractivity contribution is 5.82. The zero-order valence-electron chi connectivity index (χ0n) is 24.0. The Labute approximate surface area is 239 Å². The highest BCUT2D eigenvalue weighted by atomic mass is 19.4. The fourth-order valence-corrected chi connectivity index (χ4v) is 6.69. The zero-order valence-corrected chi connectivity index (χ0v) is 24.0. The summed E-state index contributed by atoms with van der Waals surface area (Å²) in [5.74, 6) is -1.03. The second-order valence-electron chi connectivity index (χ2n) is 11.7. The van der Waals surface area contributed by atoms with E-state index in [9.17, 15) is 22.8 Å². The molecule has 1 unspecified atom stereocenters. The molecule has 0 aliphatic carbocycles. The first-order chi connectivity index (χ1) is 19.5. The van der Waals surface area contributed by atoms with E-state index in [-0.39, 0.29) is 37.1 Å². The molecule has 1 atom stereocenters. The Balaban J connectivity index is 1.16. The van der Waals surface area contributed by atoms with Gasteiger partial charge in [0, 0.05) is 57.7 Å². The van der Waals surface area contributed by atoms with E-state index in [1.807, 2.05) is 6.07 Å². The van der Waals surface area contributed by atoms with Crippen molar-refractivity contribution < 1.29 is 32.2 Å². The van der Waals surface area contributed by atoms with E-state index < -0.39 is 12.1 Å². The van der Waals surface area contributed by atoms with Crippen LogP contribution in [-0.2, 0) is 27.4 Å². The van der Waals surface area contributed by atoms with Gasteiger partial charge in [0.15, 0.2) is 0 Å². The summed E-state index contributed by atoms with van der Waals surface area (Å²) < 4.78 is 52.3. The number of hydrogen-bond donors (Lipinski definition) is 0. The standard InChI is InChI=1S/C30H39F3N4O4/c1-21-15-23(40-3)16-22(2)24(21)17-36-14-13-34-9-4-5-25(34)26(36)18-41-19-27(38)35-10-6-29(7-11-35)8-12-37(20-29)28(39)30(31,32)33/h4-5,9,15-16,26H,6-8,10-14,17-20H2,1-3H3. The number of carbonyl (C=O) groups excluding carboxylic acids is 2. The molecule has 3 aliphatic rings. The lowest BCUT2D eigenvalue weighted by atomic mass is 9.78. The minimum absolute atomic E-state index is 0.00674. The van der Waals surface area contributed by atoms with E-state index >= 15 is 0 Å². The van der Waals surface area contributed by atoms with Gasteiger partial charge in [-0.2, -0.15) is 13.2 Å². The van der Waals surface area contributed by atoms with Crippen molar-refractivity contribution in [2.45, 2.75) is 58.4 Å². The van der Waals surface area contributed by atoms with Gasteiger partial charge >= 0.3 is 12.1 Å². The van der Waals surface area contributed by atoms with Crippen LogP contribution in [0.4, 0.5) is 13.2 Å². The van der Waals surface area contributed by atoms with Crippen LogP contribution in [0.15, 0.2) is 30.5 Å². The number of methoxy groups -OCH3 is 1. The van der Waals surface area contributed by atoms with Crippen LogP contribution in [0, 0.1) is 19.3 Å². The van der Waals surface area contributed by atoms with E-state index in [1.54, 1.807) is 12.0 Å². The predicted octanol–water partition coefficient (Wildman–Crippen LogP) is 4.09. The molecule has 4 heterocycles. The fraction of sp³-hybridized carbons (Fsp3) is 0.600. The highest BCUT2D eigenvalue weighted by Gasteiger charge is 2.49. The minimum atomic E-state index is -4.85. The highest BCUT2D eigenvalue weighted by Crippen LogP contribution is 2.41. The molecule has 224 valence electrons. The molecule has 2 aromatic rings. The number of aromatic nitrogens is 1. The average Bonchev–Trinajstić information content (AvgIpc) is 3.58. The molecule has 1 spiro atoms. The molecule has 0 N–H and O–H groups in total. The summed E-state index contributed by atoms with van der Waals surface area (Å²) in [7, 11) is 1.67. The Bertz CT molecular complexity index is 1250. The van der Waals surface area contributed by atoms with Crippen LogP contribution in [0.1, 0.15) is 47.7 Å². The van der Waals surface area contributed by atoms with Crippen molar-refractivity contribution in [1.82, 2.24) is 19.3 Å². The van der Waals surface area contributed by atoms with Crippen LogP contribution in [0.5, 0.6) is 5.75 Å². The number of benzene rings is 1. The Morgan fingerprint density at radius 3 is 2.29 bits per heavy atom. The molecule has 0 saturated carbocycles. The number of fused-ring (bicyclic) bond motifs is 1. The maximum absolute atomic E-state index is 13.0. The minimum Gasteiger partial charge on any atom is -0.497 e. The lowest BCUT2D eigenvalue weighted by molar-refractivity contribution is -0.184. The van der Waals surface area contributed by atoms with Gasteiger partial charge < -0.3 is 23.8 Å². The van der Waals surface area contributed by atoms with Crippen LogP contribution in [0.3, 0.4) is 0 Å². The molecule has 1 aromatic heterocycles. The third-order valence-electron chi connectivity index (χ3n) is 9.19. The molecule has 2 fully saturated rings. The molecule has 0 radical (unpaired) electrons. The van der Waals surface area contributed by atoms with Crippen LogP contribution in [0.25, 0.3) is 0 Å². The maximum atomic E-state index is 13.0. The largest absolute Gasteiger partial charge is 0.497 e. The smallest absolute Gasteiger partial charge is 0.471 e. The SMILES string of the molecule is COc1cc(C)c(CN2CCn3cccc3C2COCC(=O)N2CCC3(CC2)CCN(C(=O)C(F)(F)F)C3)c(C)c1. The van der Waals surface area contributed by atoms with E-state index in [0.29, 0.717) is 39.0 Å². The monoisotopic (exact) mass is 576 g/mol. The van der Waals surface area contributed by atoms with E-state index in [1.165, 1.54) is 16.7 Å². The van der Waals surface area contributed by atoms with Gasteiger partial charge in [0.2, 0.25) is 5.91 Å². The molecular formula is C30H39F3N4O4. The van der Waals surface area contributed by atoms with Gasteiger partial charge in [0.1, 0.15) is 12.4 Å². The van der Waals surface area contributed by atoms with Gasteiger partial charge in [-0.1, -0.05) is 0 Å². The number of nitrogens with zero attached hydrogens (tertiary/aromatic N) is 4. The lowest BCUT2D eigenvalue weighted by Crippen LogP contribution is -2.47. The molecule has 2 amide bonds. The Kier molecular flexibility index (Phi) is 8.39. The van der Waals surface area contributed by atoms with Gasteiger partial charge in [-0.15, -0.1) is 0 Å². The van der Waals surface area contributed by atoms with Gasteiger partial charge in [-0.25, -0.2) is 0 Å². The van der Waals surface area contributed by atoms with Crippen molar-refractivity contribution in [2.24, 2.45) is 5.41 Å². The zero-order chi connectivity index (χ0) is 29.4. The predicted molar refractivity (Wildman–Crippen MR) is 146 cm³/mol. The van der Waals surface area contributed by atoms with E-state index in [4.69, 9.17) is 9.47 Å². The van der Waals surface area contributed by atoms with Crippen molar-refractivity contribution in [3.63, 3.8) is 0 Å². The van der Waals surface area contributed by atoms with E-state index in [0.717, 1.165) is 36.0 Å². The third-order valence-corrected chi connectivity index (χ3v) is 9.19. The van der Waals surface area contributed by atoms with Crippen LogP contribution >= 0.6 is 0 Å². The van der Waals surface area contributed by atoms with Crippen molar-refractivity contribution in [2.75, 3.05) is 53.0 Å². The molecule has 0 bridgehead atoms. The number of alkyl halides is 3. The molecule has 1 aromatic carbocycles. The summed E-state index contributed by atoms with van der Waals surface area (Å²) in [5, 5.41) is 0. The molecule has 3 aliphatic heterocycles. The van der Waals surface area contributed by atoms with Crippen LogP contribution in [-0.4, -0.2) is 90.3 Å². The van der Waals surface area contributed by atoms with Gasteiger partial charge in [0.25, 0.3) is 0 Å². The first-order valence-electron chi connectivity index (χ1n) is 14.2. The molecule has 11 heteroatoms. The quantitative estimate of drug-likeness (QED) is 0.497. The van der Waals surface area contributed by atoms with Crippen LogP contribution in [0.2, 0.25) is 0 Å². The summed E-state index contributed by atoms with van der Waals surface area (Å²) >= 11 is 0.